The number of nitrogens with zero attached hydrogens (tertiary/aromatic N) is 2. The summed E-state index contributed by atoms with van der Waals surface area (Å²) >= 11 is 5.36. The van der Waals surface area contributed by atoms with Crippen LogP contribution in [-0.4, -0.2) is 41.9 Å². The fourth-order valence-corrected chi connectivity index (χ4v) is 2.58. The second-order valence-electron chi connectivity index (χ2n) is 4.37. The van der Waals surface area contributed by atoms with E-state index in [4.69, 9.17) is 22.2 Å². The van der Waals surface area contributed by atoms with Gasteiger partial charge in [0.15, 0.2) is 11.2 Å². The first kappa shape index (κ1) is 11.6. The lowest BCUT2D eigenvalue weighted by Crippen LogP contribution is -2.51. The lowest BCUT2D eigenvalue weighted by atomic mass is 10.2. The maximum atomic E-state index is 8.81. The number of rotatable bonds is 1. The van der Waals surface area contributed by atoms with Crippen molar-refractivity contribution in [3.63, 3.8) is 0 Å². The highest BCUT2D eigenvalue weighted by Gasteiger charge is 2.24. The molecule has 1 N–H and O–H groups in total. The van der Waals surface area contributed by atoms with Crippen LogP contribution in [0.1, 0.15) is 25.7 Å². The first-order valence-corrected chi connectivity index (χ1v) is 6.27. The Bertz CT molecular complexity index is 296. The van der Waals surface area contributed by atoms with Crippen LogP contribution in [0.3, 0.4) is 0 Å². The fourth-order valence-electron chi connectivity index (χ4n) is 2.25. The van der Waals surface area contributed by atoms with Crippen molar-refractivity contribution in [3.8, 4) is 6.07 Å². The van der Waals surface area contributed by atoms with Gasteiger partial charge in [0.1, 0.15) is 0 Å². The number of thiocarbonyl (C=S) groups is 1. The smallest absolute Gasteiger partial charge is 0.169 e. The van der Waals surface area contributed by atoms with Gasteiger partial charge < -0.3 is 15.0 Å². The molecule has 0 aromatic carbocycles. The summed E-state index contributed by atoms with van der Waals surface area (Å²) in [5, 5.41) is 13.0. The second-order valence-corrected chi connectivity index (χ2v) is 4.75. The molecule has 1 atom stereocenters. The van der Waals surface area contributed by atoms with Crippen LogP contribution in [0.15, 0.2) is 0 Å². The van der Waals surface area contributed by atoms with Crippen LogP contribution >= 0.6 is 12.2 Å². The van der Waals surface area contributed by atoms with Crippen LogP contribution in [0.5, 0.6) is 0 Å². The molecule has 88 valence electrons. The van der Waals surface area contributed by atoms with Gasteiger partial charge >= 0.3 is 0 Å². The van der Waals surface area contributed by atoms with Gasteiger partial charge in [-0.25, -0.2) is 0 Å². The molecule has 0 amide bonds. The molecule has 1 aliphatic heterocycles. The largest absolute Gasteiger partial charge is 0.360 e. The van der Waals surface area contributed by atoms with Crippen molar-refractivity contribution >= 4 is 17.3 Å². The summed E-state index contributed by atoms with van der Waals surface area (Å²) in [6.07, 6.45) is 4.68. The van der Waals surface area contributed by atoms with Gasteiger partial charge in [0.25, 0.3) is 0 Å². The summed E-state index contributed by atoms with van der Waals surface area (Å²) in [4.78, 5) is 2.05. The van der Waals surface area contributed by atoms with Gasteiger partial charge in [-0.2, -0.15) is 5.26 Å². The van der Waals surface area contributed by atoms with E-state index in [1.165, 1.54) is 25.7 Å². The zero-order chi connectivity index (χ0) is 11.4. The Morgan fingerprint density at radius 1 is 1.44 bits per heavy atom. The number of nitriles is 1. The highest BCUT2D eigenvalue weighted by molar-refractivity contribution is 7.80. The van der Waals surface area contributed by atoms with Gasteiger partial charge in [0.05, 0.1) is 19.2 Å². The summed E-state index contributed by atoms with van der Waals surface area (Å²) in [7, 11) is 0. The summed E-state index contributed by atoms with van der Waals surface area (Å²) in [5.74, 6) is 0. The third kappa shape index (κ3) is 2.83. The topological polar surface area (TPSA) is 48.3 Å². The highest BCUT2D eigenvalue weighted by atomic mass is 32.1. The lowest BCUT2D eigenvalue weighted by Gasteiger charge is -2.33. The Morgan fingerprint density at radius 3 is 2.88 bits per heavy atom. The van der Waals surface area contributed by atoms with Gasteiger partial charge in [-0.15, -0.1) is 0 Å². The summed E-state index contributed by atoms with van der Waals surface area (Å²) in [5.41, 5.74) is 0. The van der Waals surface area contributed by atoms with Crippen molar-refractivity contribution in [1.29, 1.82) is 5.26 Å². The van der Waals surface area contributed by atoms with E-state index >= 15 is 0 Å². The van der Waals surface area contributed by atoms with Crippen LogP contribution in [0.25, 0.3) is 0 Å². The molecule has 5 heteroatoms. The molecule has 2 fully saturated rings. The Hall–Kier alpha value is -0.860. The quantitative estimate of drug-likeness (QED) is 0.693. The Labute approximate surface area is 102 Å². The zero-order valence-corrected chi connectivity index (χ0v) is 10.1. The lowest BCUT2D eigenvalue weighted by molar-refractivity contribution is 0.0260. The van der Waals surface area contributed by atoms with Crippen LogP contribution in [-0.2, 0) is 4.74 Å². The minimum Gasteiger partial charge on any atom is -0.360 e. The Kier molecular flexibility index (Phi) is 3.97. The fraction of sp³-hybridized carbons (Fsp3) is 0.818. The molecule has 0 aromatic rings. The SMILES string of the molecule is N#CC1CN(C(=S)NC2CCCC2)CCO1. The second kappa shape index (κ2) is 5.46. The van der Waals surface area contributed by atoms with E-state index in [9.17, 15) is 0 Å². The van der Waals surface area contributed by atoms with Crippen LogP contribution in [0.4, 0.5) is 0 Å². The van der Waals surface area contributed by atoms with Gasteiger partial charge in [0.2, 0.25) is 0 Å². The molecule has 0 bridgehead atoms. The van der Waals surface area contributed by atoms with E-state index in [0.717, 1.165) is 11.7 Å². The number of nitrogens with one attached hydrogen (secondary N) is 1. The first-order valence-electron chi connectivity index (χ1n) is 5.86. The highest BCUT2D eigenvalue weighted by Crippen LogP contribution is 2.18. The number of hydrogen-bond donors (Lipinski definition) is 1. The molecule has 1 aliphatic carbocycles. The van der Waals surface area contributed by atoms with E-state index in [0.29, 0.717) is 19.2 Å². The number of morpholine rings is 1. The van der Waals surface area contributed by atoms with Gasteiger partial charge in [-0.1, -0.05) is 12.8 Å². The molecule has 4 nitrogen and oxygen atoms in total. The van der Waals surface area contributed by atoms with Crippen LogP contribution in [0.2, 0.25) is 0 Å². The zero-order valence-electron chi connectivity index (χ0n) is 9.32. The van der Waals surface area contributed by atoms with Crippen LogP contribution in [0, 0.1) is 11.3 Å². The van der Waals surface area contributed by atoms with Gasteiger partial charge in [-0.05, 0) is 25.1 Å². The van der Waals surface area contributed by atoms with Crippen molar-refractivity contribution in [3.05, 3.63) is 0 Å². The monoisotopic (exact) mass is 239 g/mol. The molecule has 1 saturated carbocycles. The third-order valence-corrected chi connectivity index (χ3v) is 3.56. The van der Waals surface area contributed by atoms with E-state index < -0.39 is 0 Å². The minimum atomic E-state index is -0.336. The summed E-state index contributed by atoms with van der Waals surface area (Å²) < 4.78 is 5.29. The van der Waals surface area contributed by atoms with Crippen molar-refractivity contribution in [1.82, 2.24) is 10.2 Å². The standard InChI is InChI=1S/C11H17N3OS/c12-7-10-8-14(5-6-15-10)11(16)13-9-3-1-2-4-9/h9-10H,1-6,8H2,(H,13,16). The Morgan fingerprint density at radius 2 is 2.19 bits per heavy atom. The minimum absolute atomic E-state index is 0.336. The van der Waals surface area contributed by atoms with Crippen LogP contribution < -0.4 is 5.32 Å². The predicted octanol–water partition coefficient (Wildman–Crippen LogP) is 1.03. The molecule has 0 aromatic heterocycles. The molecule has 2 rings (SSSR count). The van der Waals surface area contributed by atoms with Crippen molar-refractivity contribution in [2.45, 2.75) is 37.8 Å². The molecule has 0 spiro atoms. The Balaban J connectivity index is 1.81. The van der Waals surface area contributed by atoms with E-state index in [-0.39, 0.29) is 6.10 Å². The molecule has 0 radical (unpaired) electrons. The van der Waals surface area contributed by atoms with Gasteiger partial charge in [0, 0.05) is 12.6 Å². The van der Waals surface area contributed by atoms with E-state index in [2.05, 4.69) is 11.4 Å². The number of hydrogen-bond acceptors (Lipinski definition) is 3. The molecular formula is C11H17N3OS. The molecule has 2 aliphatic rings. The van der Waals surface area contributed by atoms with Gasteiger partial charge in [-0.3, -0.25) is 0 Å². The maximum absolute atomic E-state index is 8.81. The molecular weight excluding hydrogens is 222 g/mol. The first-order chi connectivity index (χ1) is 7.79. The van der Waals surface area contributed by atoms with Crippen molar-refractivity contribution in [2.24, 2.45) is 0 Å². The molecule has 1 heterocycles. The molecule has 1 unspecified atom stereocenters. The van der Waals surface area contributed by atoms with Crippen molar-refractivity contribution < 1.29 is 4.74 Å². The maximum Gasteiger partial charge on any atom is 0.169 e. The molecule has 16 heavy (non-hydrogen) atoms. The normalized spacial score (nSPS) is 26.4. The third-order valence-electron chi connectivity index (χ3n) is 3.18. The summed E-state index contributed by atoms with van der Waals surface area (Å²) in [6.45, 7) is 1.97. The van der Waals surface area contributed by atoms with E-state index in [1.54, 1.807) is 0 Å². The average Bonchev–Trinajstić information content (AvgIpc) is 2.82. The predicted molar refractivity (Wildman–Crippen MR) is 64.9 cm³/mol. The molecule has 1 saturated heterocycles. The average molecular weight is 239 g/mol. The van der Waals surface area contributed by atoms with Crippen molar-refractivity contribution in [2.75, 3.05) is 19.7 Å². The van der Waals surface area contributed by atoms with E-state index in [1.807, 2.05) is 4.90 Å². The summed E-state index contributed by atoms with van der Waals surface area (Å²) in [6, 6.07) is 2.67. The number of ether oxygens (including phenoxy) is 1.